The number of hydrogen-bond acceptors (Lipinski definition) is 5. The Labute approximate surface area is 169 Å². The van der Waals surface area contributed by atoms with Crippen LogP contribution in [0.15, 0.2) is 65.1 Å². The van der Waals surface area contributed by atoms with E-state index in [-0.39, 0.29) is 19.1 Å². The molecule has 2 heterocycles. The van der Waals surface area contributed by atoms with Crippen molar-refractivity contribution in [2.24, 2.45) is 5.92 Å². The smallest absolute Gasteiger partial charge is 0.326 e. The molecule has 148 valence electrons. The first-order valence-electron chi connectivity index (χ1n) is 9.70. The second-order valence-electron chi connectivity index (χ2n) is 7.42. The van der Waals surface area contributed by atoms with Crippen LogP contribution in [-0.4, -0.2) is 20.7 Å². The van der Waals surface area contributed by atoms with E-state index < -0.39 is 0 Å². The van der Waals surface area contributed by atoms with E-state index in [2.05, 4.69) is 24.0 Å². The minimum absolute atomic E-state index is 0.0670. The number of hydrogen-bond donors (Lipinski definition) is 0. The monoisotopic (exact) mass is 389 g/mol. The molecule has 2 aromatic carbocycles. The average molecular weight is 389 g/mol. The molecule has 0 aliphatic rings. The molecule has 4 aromatic rings. The van der Waals surface area contributed by atoms with Gasteiger partial charge in [-0.2, -0.15) is 0 Å². The minimum atomic E-state index is -0.321. The van der Waals surface area contributed by atoms with E-state index in [9.17, 15) is 4.79 Å². The van der Waals surface area contributed by atoms with Gasteiger partial charge in [0.1, 0.15) is 18.8 Å². The van der Waals surface area contributed by atoms with E-state index in [4.69, 9.17) is 9.15 Å². The maximum absolute atomic E-state index is 12.6. The Morgan fingerprint density at radius 2 is 1.83 bits per heavy atom. The van der Waals surface area contributed by atoms with Gasteiger partial charge in [-0.15, -0.1) is 10.2 Å². The van der Waals surface area contributed by atoms with Crippen LogP contribution in [0.2, 0.25) is 0 Å². The predicted molar refractivity (Wildman–Crippen MR) is 110 cm³/mol. The number of fused-ring (bicyclic) bond motifs is 1. The third-order valence-corrected chi connectivity index (χ3v) is 4.61. The van der Waals surface area contributed by atoms with E-state index in [1.165, 1.54) is 0 Å². The molecule has 0 atom stereocenters. The van der Waals surface area contributed by atoms with Crippen molar-refractivity contribution < 1.29 is 13.9 Å². The molecule has 0 amide bonds. The molecule has 0 N–H and O–H groups in total. The van der Waals surface area contributed by atoms with Crippen LogP contribution in [0, 0.1) is 5.92 Å². The number of ether oxygens (including phenoxy) is 1. The summed E-state index contributed by atoms with van der Waals surface area (Å²) in [5.74, 6) is 1.10. The molecule has 6 heteroatoms. The third-order valence-electron chi connectivity index (χ3n) is 4.61. The Balaban J connectivity index is 1.60. The predicted octanol–water partition coefficient (Wildman–Crippen LogP) is 4.63. The van der Waals surface area contributed by atoms with Crippen molar-refractivity contribution in [1.29, 1.82) is 0 Å². The number of esters is 1. The number of nitrogens with zero attached hydrogens (tertiary/aromatic N) is 3. The normalized spacial score (nSPS) is 11.3. The Morgan fingerprint density at radius 3 is 2.62 bits per heavy atom. The van der Waals surface area contributed by atoms with Gasteiger partial charge in [-0.3, -0.25) is 4.79 Å². The van der Waals surface area contributed by atoms with Crippen molar-refractivity contribution in [3.05, 3.63) is 72.1 Å². The summed E-state index contributed by atoms with van der Waals surface area (Å²) >= 11 is 0. The molecule has 0 spiro atoms. The zero-order valence-electron chi connectivity index (χ0n) is 16.5. The molecule has 0 radical (unpaired) electrons. The number of para-hydroxylation sites is 1. The molecule has 0 aliphatic heterocycles. The highest BCUT2D eigenvalue weighted by Crippen LogP contribution is 2.28. The lowest BCUT2D eigenvalue weighted by Crippen LogP contribution is -2.14. The largest absolute Gasteiger partial charge is 0.459 e. The van der Waals surface area contributed by atoms with Crippen LogP contribution >= 0.6 is 0 Å². The standard InChI is InChI=1S/C23H23N3O3/c1-16(2)12-21-24-25-23(29-21)20-13-18-10-6-7-11-19(18)26(20)14-22(27)28-15-17-8-4-3-5-9-17/h3-11,13,16H,12,14-15H2,1-2H3. The van der Waals surface area contributed by atoms with Gasteiger partial charge >= 0.3 is 5.97 Å². The molecule has 2 aromatic heterocycles. The number of benzene rings is 2. The molecule has 6 nitrogen and oxygen atoms in total. The number of carbonyl (C=O) groups is 1. The fourth-order valence-electron chi connectivity index (χ4n) is 3.26. The third kappa shape index (κ3) is 4.37. The van der Waals surface area contributed by atoms with Gasteiger partial charge in [-0.25, -0.2) is 0 Å². The average Bonchev–Trinajstić information content (AvgIpc) is 3.31. The summed E-state index contributed by atoms with van der Waals surface area (Å²) in [6.07, 6.45) is 0.715. The fraction of sp³-hybridized carbons (Fsp3) is 0.261. The van der Waals surface area contributed by atoms with Gasteiger partial charge in [-0.1, -0.05) is 62.4 Å². The second kappa shape index (κ2) is 8.31. The van der Waals surface area contributed by atoms with Gasteiger partial charge in [0.2, 0.25) is 5.89 Å². The molecule has 0 saturated carbocycles. The molecular weight excluding hydrogens is 366 g/mol. The van der Waals surface area contributed by atoms with Gasteiger partial charge < -0.3 is 13.7 Å². The quantitative estimate of drug-likeness (QED) is 0.431. The summed E-state index contributed by atoms with van der Waals surface area (Å²) in [5.41, 5.74) is 2.59. The summed E-state index contributed by atoms with van der Waals surface area (Å²) in [6.45, 7) is 4.51. The molecule has 29 heavy (non-hydrogen) atoms. The number of rotatable bonds is 7. The summed E-state index contributed by atoms with van der Waals surface area (Å²) in [7, 11) is 0. The molecule has 0 fully saturated rings. The fourth-order valence-corrected chi connectivity index (χ4v) is 3.26. The van der Waals surface area contributed by atoms with E-state index in [1.807, 2.05) is 65.2 Å². The molecule has 4 rings (SSSR count). The van der Waals surface area contributed by atoms with Crippen molar-refractivity contribution in [1.82, 2.24) is 14.8 Å². The first kappa shape index (κ1) is 18.9. The Bertz CT molecular complexity index is 1110. The zero-order chi connectivity index (χ0) is 20.2. The first-order chi connectivity index (χ1) is 14.1. The Hall–Kier alpha value is -3.41. The van der Waals surface area contributed by atoms with Crippen molar-refractivity contribution in [2.75, 3.05) is 0 Å². The van der Waals surface area contributed by atoms with Gasteiger partial charge in [0.25, 0.3) is 5.89 Å². The van der Waals surface area contributed by atoms with Gasteiger partial charge in [0, 0.05) is 17.3 Å². The van der Waals surface area contributed by atoms with E-state index in [1.54, 1.807) is 0 Å². The summed E-state index contributed by atoms with van der Waals surface area (Å²) < 4.78 is 13.2. The van der Waals surface area contributed by atoms with E-state index in [0.29, 0.717) is 29.8 Å². The zero-order valence-corrected chi connectivity index (χ0v) is 16.5. The molecule has 0 saturated heterocycles. The summed E-state index contributed by atoms with van der Waals surface area (Å²) in [6, 6.07) is 19.5. The number of carbonyl (C=O) groups excluding carboxylic acids is 1. The van der Waals surface area contributed by atoms with E-state index in [0.717, 1.165) is 16.5 Å². The highest BCUT2D eigenvalue weighted by atomic mass is 16.5. The first-order valence-corrected chi connectivity index (χ1v) is 9.70. The van der Waals surface area contributed by atoms with Crippen LogP contribution in [0.5, 0.6) is 0 Å². The molecule has 0 aliphatic carbocycles. The molecular formula is C23H23N3O3. The van der Waals surface area contributed by atoms with Crippen molar-refractivity contribution in [3.63, 3.8) is 0 Å². The maximum atomic E-state index is 12.6. The Kier molecular flexibility index (Phi) is 5.42. The maximum Gasteiger partial charge on any atom is 0.326 e. The van der Waals surface area contributed by atoms with Crippen LogP contribution in [0.4, 0.5) is 0 Å². The van der Waals surface area contributed by atoms with Crippen molar-refractivity contribution in [3.8, 4) is 11.6 Å². The summed E-state index contributed by atoms with van der Waals surface area (Å²) in [4.78, 5) is 12.6. The highest BCUT2D eigenvalue weighted by Gasteiger charge is 2.19. The topological polar surface area (TPSA) is 70.2 Å². The SMILES string of the molecule is CC(C)Cc1nnc(-c2cc3ccccc3n2CC(=O)OCc2ccccc2)o1. The van der Waals surface area contributed by atoms with Crippen LogP contribution in [0.1, 0.15) is 25.3 Å². The molecule has 0 bridgehead atoms. The lowest BCUT2D eigenvalue weighted by molar-refractivity contribution is -0.145. The Morgan fingerprint density at radius 1 is 1.07 bits per heavy atom. The van der Waals surface area contributed by atoms with Gasteiger partial charge in [0.05, 0.1) is 0 Å². The van der Waals surface area contributed by atoms with Crippen LogP contribution in [0.25, 0.3) is 22.5 Å². The van der Waals surface area contributed by atoms with Crippen LogP contribution < -0.4 is 0 Å². The van der Waals surface area contributed by atoms with Crippen molar-refractivity contribution >= 4 is 16.9 Å². The van der Waals surface area contributed by atoms with Crippen molar-refractivity contribution in [2.45, 2.75) is 33.4 Å². The summed E-state index contributed by atoms with van der Waals surface area (Å²) in [5, 5.41) is 9.36. The number of aromatic nitrogens is 3. The molecule has 0 unspecified atom stereocenters. The minimum Gasteiger partial charge on any atom is -0.459 e. The lowest BCUT2D eigenvalue weighted by atomic mass is 10.1. The van der Waals surface area contributed by atoms with Gasteiger partial charge in [0.15, 0.2) is 0 Å². The highest BCUT2D eigenvalue weighted by molar-refractivity contribution is 5.87. The second-order valence-corrected chi connectivity index (χ2v) is 7.42. The van der Waals surface area contributed by atoms with Gasteiger partial charge in [-0.05, 0) is 23.6 Å². The van der Waals surface area contributed by atoms with Crippen LogP contribution in [-0.2, 0) is 29.1 Å². The van der Waals surface area contributed by atoms with E-state index >= 15 is 0 Å². The lowest BCUT2D eigenvalue weighted by Gasteiger charge is -2.09. The van der Waals surface area contributed by atoms with Crippen LogP contribution in [0.3, 0.4) is 0 Å².